The zero-order valence-corrected chi connectivity index (χ0v) is 20.8. The maximum absolute atomic E-state index is 12.3. The Labute approximate surface area is 214 Å². The van der Waals surface area contributed by atoms with Crippen molar-refractivity contribution >= 4 is 28.3 Å². The van der Waals surface area contributed by atoms with E-state index in [9.17, 15) is 10.2 Å². The van der Waals surface area contributed by atoms with Crippen LogP contribution in [0.5, 0.6) is 0 Å². The quantitative estimate of drug-likeness (QED) is 0.345. The highest BCUT2D eigenvalue weighted by Crippen LogP contribution is 2.43. The van der Waals surface area contributed by atoms with Crippen molar-refractivity contribution in [2.45, 2.75) is 5.60 Å². The van der Waals surface area contributed by atoms with E-state index in [1.54, 1.807) is 41.6 Å². The number of imidazole rings is 1. The van der Waals surface area contributed by atoms with E-state index in [2.05, 4.69) is 9.97 Å². The molecule has 182 valence electrons. The van der Waals surface area contributed by atoms with Gasteiger partial charge in [0.1, 0.15) is 5.82 Å². The van der Waals surface area contributed by atoms with Gasteiger partial charge in [-0.15, -0.1) is 0 Å². The predicted molar refractivity (Wildman–Crippen MR) is 142 cm³/mol. The van der Waals surface area contributed by atoms with Gasteiger partial charge < -0.3 is 19.7 Å². The minimum absolute atomic E-state index is 0.00926. The second-order valence-electron chi connectivity index (χ2n) is 8.70. The van der Waals surface area contributed by atoms with Crippen molar-refractivity contribution in [2.75, 3.05) is 25.1 Å². The van der Waals surface area contributed by atoms with E-state index in [-0.39, 0.29) is 6.61 Å². The number of hydrogen-bond acceptors (Lipinski definition) is 6. The number of aromatic nitrogens is 4. The van der Waals surface area contributed by atoms with Crippen LogP contribution in [0.4, 0.5) is 5.82 Å². The molecule has 7 nitrogen and oxygen atoms in total. The molecule has 5 rings (SSSR count). The minimum atomic E-state index is -1.50. The number of nitrogens with zero attached hydrogens (tertiary/aromatic N) is 5. The Kier molecular flexibility index (Phi) is 6.45. The van der Waals surface area contributed by atoms with Crippen LogP contribution in [0.1, 0.15) is 16.8 Å². The highest BCUT2D eigenvalue weighted by Gasteiger charge is 2.37. The number of pyridine rings is 2. The Morgan fingerprint density at radius 1 is 1.00 bits per heavy atom. The molecular weight excluding hydrogens is 474 g/mol. The molecule has 5 aromatic rings. The lowest BCUT2D eigenvalue weighted by molar-refractivity contribution is 0.117. The van der Waals surface area contributed by atoms with Crippen LogP contribution in [-0.2, 0) is 12.6 Å². The second-order valence-corrected chi connectivity index (χ2v) is 9.08. The largest absolute Gasteiger partial charge is 0.395 e. The molecule has 1 atom stereocenters. The minimum Gasteiger partial charge on any atom is -0.395 e. The monoisotopic (exact) mass is 499 g/mol. The average molecular weight is 500 g/mol. The Morgan fingerprint density at radius 3 is 2.42 bits per heavy atom. The molecule has 0 radical (unpaired) electrons. The SMILES string of the molecule is CN(CCO)c1nc2ccc(C(O)(c3ccncc3)c3cncn3C)cc2c(Cl)c1-c1ccccc1. The summed E-state index contributed by atoms with van der Waals surface area (Å²) in [5, 5.41) is 23.0. The molecule has 0 fully saturated rings. The number of likely N-dealkylation sites (N-methyl/N-ethyl adjacent to an activating group) is 1. The summed E-state index contributed by atoms with van der Waals surface area (Å²) in [7, 11) is 3.73. The molecule has 0 aliphatic heterocycles. The lowest BCUT2D eigenvalue weighted by atomic mass is 9.83. The molecule has 8 heteroatoms. The highest BCUT2D eigenvalue weighted by molar-refractivity contribution is 6.38. The summed E-state index contributed by atoms with van der Waals surface area (Å²) in [6, 6.07) is 19.0. The first-order valence-corrected chi connectivity index (χ1v) is 11.9. The average Bonchev–Trinajstić information content (AvgIpc) is 3.35. The first kappa shape index (κ1) is 23.9. The van der Waals surface area contributed by atoms with Gasteiger partial charge in [0, 0.05) is 44.0 Å². The van der Waals surface area contributed by atoms with Crippen LogP contribution >= 0.6 is 11.6 Å². The summed E-state index contributed by atoms with van der Waals surface area (Å²) in [4.78, 5) is 15.2. The summed E-state index contributed by atoms with van der Waals surface area (Å²) in [5.41, 5.74) is 2.77. The van der Waals surface area contributed by atoms with Gasteiger partial charge in [-0.1, -0.05) is 48.0 Å². The van der Waals surface area contributed by atoms with Crippen LogP contribution in [0, 0.1) is 0 Å². The number of anilines is 1. The fraction of sp³-hybridized carbons (Fsp3) is 0.179. The first-order chi connectivity index (χ1) is 17.4. The third-order valence-corrected chi connectivity index (χ3v) is 6.86. The van der Waals surface area contributed by atoms with Crippen molar-refractivity contribution in [2.24, 2.45) is 7.05 Å². The van der Waals surface area contributed by atoms with Gasteiger partial charge in [-0.3, -0.25) is 4.98 Å². The predicted octanol–water partition coefficient (Wildman–Crippen LogP) is 4.40. The number of aliphatic hydroxyl groups excluding tert-OH is 1. The van der Waals surface area contributed by atoms with Crippen LogP contribution in [-0.4, -0.2) is 49.9 Å². The van der Waals surface area contributed by atoms with Gasteiger partial charge in [-0.25, -0.2) is 9.97 Å². The van der Waals surface area contributed by atoms with E-state index in [1.165, 1.54) is 0 Å². The van der Waals surface area contributed by atoms with Crippen molar-refractivity contribution in [1.82, 2.24) is 19.5 Å². The second kappa shape index (κ2) is 9.70. The Bertz CT molecular complexity index is 1510. The van der Waals surface area contributed by atoms with E-state index < -0.39 is 5.60 Å². The Balaban J connectivity index is 1.79. The number of benzene rings is 2. The van der Waals surface area contributed by atoms with E-state index in [1.807, 2.05) is 67.5 Å². The fourth-order valence-corrected chi connectivity index (χ4v) is 4.94. The van der Waals surface area contributed by atoms with Gasteiger partial charge in [-0.2, -0.15) is 0 Å². The summed E-state index contributed by atoms with van der Waals surface area (Å²) in [6.45, 7) is 0.402. The van der Waals surface area contributed by atoms with Crippen molar-refractivity contribution in [3.05, 3.63) is 107 Å². The maximum Gasteiger partial charge on any atom is 0.157 e. The third-order valence-electron chi connectivity index (χ3n) is 6.47. The topological polar surface area (TPSA) is 87.3 Å². The molecular formula is C28H26ClN5O2. The van der Waals surface area contributed by atoms with Gasteiger partial charge in [0.05, 0.1) is 35.4 Å². The van der Waals surface area contributed by atoms with Crippen LogP contribution in [0.3, 0.4) is 0 Å². The lowest BCUT2D eigenvalue weighted by Crippen LogP contribution is -2.31. The van der Waals surface area contributed by atoms with Crippen LogP contribution < -0.4 is 4.90 Å². The van der Waals surface area contributed by atoms with Gasteiger partial charge in [0.25, 0.3) is 0 Å². The number of rotatable bonds is 7. The van der Waals surface area contributed by atoms with Crippen LogP contribution in [0.25, 0.3) is 22.0 Å². The fourth-order valence-electron chi connectivity index (χ4n) is 4.59. The van der Waals surface area contributed by atoms with Crippen molar-refractivity contribution in [1.29, 1.82) is 0 Å². The van der Waals surface area contributed by atoms with Crippen molar-refractivity contribution in [3.8, 4) is 11.1 Å². The van der Waals surface area contributed by atoms with Crippen LogP contribution in [0.15, 0.2) is 85.6 Å². The number of aliphatic hydroxyl groups is 2. The van der Waals surface area contributed by atoms with E-state index in [0.717, 1.165) is 11.1 Å². The molecule has 2 aromatic carbocycles. The van der Waals surface area contributed by atoms with Crippen molar-refractivity contribution < 1.29 is 10.2 Å². The molecule has 0 aliphatic rings. The van der Waals surface area contributed by atoms with E-state index in [0.29, 0.717) is 45.1 Å². The summed E-state index contributed by atoms with van der Waals surface area (Å²) >= 11 is 7.11. The summed E-state index contributed by atoms with van der Waals surface area (Å²) in [6.07, 6.45) is 6.63. The first-order valence-electron chi connectivity index (χ1n) is 11.6. The molecule has 0 saturated heterocycles. The number of aryl methyl sites for hydroxylation is 1. The van der Waals surface area contributed by atoms with E-state index in [4.69, 9.17) is 16.6 Å². The highest BCUT2D eigenvalue weighted by atomic mass is 35.5. The summed E-state index contributed by atoms with van der Waals surface area (Å²) in [5.74, 6) is 0.677. The van der Waals surface area contributed by atoms with E-state index >= 15 is 0 Å². The smallest absolute Gasteiger partial charge is 0.157 e. The Morgan fingerprint density at radius 2 is 1.75 bits per heavy atom. The third kappa shape index (κ3) is 4.01. The molecule has 2 N–H and O–H groups in total. The molecule has 0 bridgehead atoms. The van der Waals surface area contributed by atoms with Crippen LogP contribution in [0.2, 0.25) is 5.02 Å². The molecule has 0 amide bonds. The molecule has 36 heavy (non-hydrogen) atoms. The lowest BCUT2D eigenvalue weighted by Gasteiger charge is -2.30. The number of hydrogen-bond donors (Lipinski definition) is 2. The normalized spacial score (nSPS) is 13.0. The van der Waals surface area contributed by atoms with Gasteiger partial charge in [0.15, 0.2) is 5.60 Å². The molecule has 3 heterocycles. The molecule has 0 saturated carbocycles. The zero-order valence-electron chi connectivity index (χ0n) is 20.0. The molecule has 0 aliphatic carbocycles. The number of fused-ring (bicyclic) bond motifs is 1. The summed E-state index contributed by atoms with van der Waals surface area (Å²) < 4.78 is 1.80. The standard InChI is InChI=1S/C28H26ClN5O2/c1-33(14-15-35)27-25(19-6-4-3-5-7-19)26(29)22-16-21(8-9-23(22)32-27)28(36,20-10-12-30-13-11-20)24-17-31-18-34(24)2/h3-13,16-18,35-36H,14-15H2,1-2H3. The van der Waals surface area contributed by atoms with Gasteiger partial charge in [-0.05, 0) is 41.0 Å². The Hall–Kier alpha value is -3.78. The van der Waals surface area contributed by atoms with Gasteiger partial charge in [0.2, 0.25) is 0 Å². The molecule has 1 unspecified atom stereocenters. The molecule has 3 aromatic heterocycles. The maximum atomic E-state index is 12.3. The van der Waals surface area contributed by atoms with Crippen molar-refractivity contribution in [3.63, 3.8) is 0 Å². The van der Waals surface area contributed by atoms with Gasteiger partial charge >= 0.3 is 0 Å². The molecule has 0 spiro atoms. The number of halogens is 1. The zero-order chi connectivity index (χ0) is 25.3.